The summed E-state index contributed by atoms with van der Waals surface area (Å²) in [4.78, 5) is 21.8. The number of unbranched alkanes of at least 4 members (excludes halogenated alkanes) is 1. The molecule has 18 heavy (non-hydrogen) atoms. The monoisotopic (exact) mass is 258 g/mol. The summed E-state index contributed by atoms with van der Waals surface area (Å²) >= 11 is 0. The summed E-state index contributed by atoms with van der Waals surface area (Å²) in [6, 6.07) is 0. The second-order valence-electron chi connectivity index (χ2n) is 3.54. The molecule has 0 aliphatic heterocycles. The van der Waals surface area contributed by atoms with Crippen molar-refractivity contribution in [3.05, 3.63) is 12.7 Å². The largest absolute Gasteiger partial charge is 0.459 e. The van der Waals surface area contributed by atoms with Crippen LogP contribution in [-0.2, 0) is 14.3 Å². The molecular weight excluding hydrogens is 236 g/mol. The first-order valence-electron chi connectivity index (χ1n) is 6.11. The Morgan fingerprint density at radius 1 is 1.17 bits per heavy atom. The van der Waals surface area contributed by atoms with Gasteiger partial charge in [-0.15, -0.1) is 0 Å². The minimum Gasteiger partial charge on any atom is -0.459 e. The first-order chi connectivity index (χ1) is 8.70. The number of hydrogen-bond donors (Lipinski definition) is 2. The molecule has 0 rings (SSSR count). The van der Waals surface area contributed by atoms with Crippen LogP contribution in [0.15, 0.2) is 12.7 Å². The van der Waals surface area contributed by atoms with E-state index in [2.05, 4.69) is 28.9 Å². The number of alkyl carbamates (subject to hydrolysis) is 1. The first kappa shape index (κ1) is 16.4. The van der Waals surface area contributed by atoms with Gasteiger partial charge in [0.1, 0.15) is 13.2 Å². The molecule has 0 aromatic rings. The standard InChI is InChI=1S/C12H22N2O4/c1-3-5-6-13-7-8-14-12(16)18-10-9-17-11(15)4-2/h4,13H,2-3,5-10H2,1H3,(H,14,16). The van der Waals surface area contributed by atoms with E-state index in [1.54, 1.807) is 0 Å². The predicted octanol–water partition coefficient (Wildman–Crippen LogP) is 0.831. The zero-order valence-electron chi connectivity index (χ0n) is 10.9. The molecule has 0 unspecified atom stereocenters. The van der Waals surface area contributed by atoms with Crippen molar-refractivity contribution in [1.82, 2.24) is 10.6 Å². The third-order valence-electron chi connectivity index (χ3n) is 2.01. The van der Waals surface area contributed by atoms with Crippen molar-refractivity contribution >= 4 is 12.1 Å². The number of amides is 1. The van der Waals surface area contributed by atoms with E-state index in [0.29, 0.717) is 13.1 Å². The summed E-state index contributed by atoms with van der Waals surface area (Å²) in [6.45, 7) is 7.60. The SMILES string of the molecule is C=CC(=O)OCCOC(=O)NCCNCCCC. The molecule has 0 atom stereocenters. The Hall–Kier alpha value is -1.56. The van der Waals surface area contributed by atoms with Crippen molar-refractivity contribution in [2.75, 3.05) is 32.8 Å². The minimum absolute atomic E-state index is 0.0347. The average Bonchev–Trinajstić information content (AvgIpc) is 2.38. The molecule has 1 amide bonds. The van der Waals surface area contributed by atoms with Crippen LogP contribution in [0.25, 0.3) is 0 Å². The first-order valence-corrected chi connectivity index (χ1v) is 6.11. The number of carbonyl (C=O) groups is 2. The van der Waals surface area contributed by atoms with Gasteiger partial charge < -0.3 is 20.1 Å². The summed E-state index contributed by atoms with van der Waals surface area (Å²) in [5, 5.41) is 5.76. The maximum absolute atomic E-state index is 11.1. The van der Waals surface area contributed by atoms with Crippen LogP contribution in [0.5, 0.6) is 0 Å². The normalized spacial score (nSPS) is 9.61. The fraction of sp³-hybridized carbons (Fsp3) is 0.667. The van der Waals surface area contributed by atoms with Crippen molar-refractivity contribution < 1.29 is 19.1 Å². The van der Waals surface area contributed by atoms with E-state index in [9.17, 15) is 9.59 Å². The average molecular weight is 258 g/mol. The van der Waals surface area contributed by atoms with Crippen LogP contribution in [0, 0.1) is 0 Å². The molecule has 0 radical (unpaired) electrons. The van der Waals surface area contributed by atoms with Crippen LogP contribution in [0.1, 0.15) is 19.8 Å². The summed E-state index contributed by atoms with van der Waals surface area (Å²) in [6.07, 6.45) is 2.81. The second kappa shape index (κ2) is 11.9. The quantitative estimate of drug-likeness (QED) is 0.345. The smallest absolute Gasteiger partial charge is 0.407 e. The van der Waals surface area contributed by atoms with Gasteiger partial charge in [0.2, 0.25) is 0 Å². The second-order valence-corrected chi connectivity index (χ2v) is 3.54. The van der Waals surface area contributed by atoms with E-state index in [1.165, 1.54) is 0 Å². The van der Waals surface area contributed by atoms with Crippen molar-refractivity contribution in [3.8, 4) is 0 Å². The molecule has 0 fully saturated rings. The highest BCUT2D eigenvalue weighted by Gasteiger charge is 2.01. The summed E-state index contributed by atoms with van der Waals surface area (Å²) in [7, 11) is 0. The van der Waals surface area contributed by atoms with Gasteiger partial charge in [0.25, 0.3) is 0 Å². The molecule has 2 N–H and O–H groups in total. The van der Waals surface area contributed by atoms with Crippen molar-refractivity contribution in [2.45, 2.75) is 19.8 Å². The molecular formula is C12H22N2O4. The van der Waals surface area contributed by atoms with E-state index in [0.717, 1.165) is 25.5 Å². The molecule has 6 nitrogen and oxygen atoms in total. The third kappa shape index (κ3) is 10.9. The van der Waals surface area contributed by atoms with Crippen LogP contribution in [0.4, 0.5) is 4.79 Å². The summed E-state index contributed by atoms with van der Waals surface area (Å²) in [5.41, 5.74) is 0. The van der Waals surface area contributed by atoms with Crippen molar-refractivity contribution in [2.24, 2.45) is 0 Å². The fourth-order valence-electron chi connectivity index (χ4n) is 1.07. The van der Waals surface area contributed by atoms with Gasteiger partial charge in [-0.3, -0.25) is 0 Å². The lowest BCUT2D eigenvalue weighted by Gasteiger charge is -2.07. The molecule has 0 spiro atoms. The number of rotatable bonds is 10. The molecule has 0 bridgehead atoms. The highest BCUT2D eigenvalue weighted by atomic mass is 16.6. The zero-order chi connectivity index (χ0) is 13.6. The Labute approximate surface area is 108 Å². The van der Waals surface area contributed by atoms with Crippen molar-refractivity contribution in [1.29, 1.82) is 0 Å². The Bertz CT molecular complexity index is 256. The summed E-state index contributed by atoms with van der Waals surface area (Å²) < 4.78 is 9.41. The van der Waals surface area contributed by atoms with E-state index >= 15 is 0 Å². The number of carbonyl (C=O) groups excluding carboxylic acids is 2. The molecule has 0 heterocycles. The molecule has 0 aliphatic rings. The van der Waals surface area contributed by atoms with E-state index in [4.69, 9.17) is 4.74 Å². The molecule has 104 valence electrons. The van der Waals surface area contributed by atoms with Gasteiger partial charge in [0.15, 0.2) is 0 Å². The van der Waals surface area contributed by atoms with E-state index in [1.807, 2.05) is 0 Å². The minimum atomic E-state index is -0.529. The summed E-state index contributed by atoms with van der Waals surface area (Å²) in [5.74, 6) is -0.529. The molecule has 0 aromatic heterocycles. The highest BCUT2D eigenvalue weighted by molar-refractivity contribution is 5.81. The Balaban J connectivity index is 3.27. The van der Waals surface area contributed by atoms with Gasteiger partial charge in [-0.1, -0.05) is 19.9 Å². The van der Waals surface area contributed by atoms with Gasteiger partial charge in [0, 0.05) is 19.2 Å². The van der Waals surface area contributed by atoms with Gasteiger partial charge in [-0.2, -0.15) is 0 Å². The zero-order valence-corrected chi connectivity index (χ0v) is 10.9. The number of hydrogen-bond acceptors (Lipinski definition) is 5. The predicted molar refractivity (Wildman–Crippen MR) is 68.3 cm³/mol. The fourth-order valence-corrected chi connectivity index (χ4v) is 1.07. The molecule has 0 saturated carbocycles. The lowest BCUT2D eigenvalue weighted by atomic mass is 10.3. The molecule has 0 saturated heterocycles. The maximum atomic E-state index is 11.1. The number of ether oxygens (including phenoxy) is 2. The van der Waals surface area contributed by atoms with Gasteiger partial charge in [-0.05, 0) is 13.0 Å². The van der Waals surface area contributed by atoms with Crippen LogP contribution in [0.3, 0.4) is 0 Å². The Morgan fingerprint density at radius 2 is 1.89 bits per heavy atom. The molecule has 6 heteroatoms. The Kier molecular flexibility index (Phi) is 10.9. The number of esters is 1. The van der Waals surface area contributed by atoms with Gasteiger partial charge in [0.05, 0.1) is 0 Å². The third-order valence-corrected chi connectivity index (χ3v) is 2.01. The lowest BCUT2D eigenvalue weighted by molar-refractivity contribution is -0.138. The van der Waals surface area contributed by atoms with E-state index < -0.39 is 12.1 Å². The maximum Gasteiger partial charge on any atom is 0.407 e. The van der Waals surface area contributed by atoms with Crippen LogP contribution >= 0.6 is 0 Å². The number of nitrogens with one attached hydrogen (secondary N) is 2. The highest BCUT2D eigenvalue weighted by Crippen LogP contribution is 1.83. The van der Waals surface area contributed by atoms with Crippen molar-refractivity contribution in [3.63, 3.8) is 0 Å². The topological polar surface area (TPSA) is 76.7 Å². The molecule has 0 aliphatic carbocycles. The van der Waals surface area contributed by atoms with Gasteiger partial charge in [-0.25, -0.2) is 9.59 Å². The Morgan fingerprint density at radius 3 is 2.56 bits per heavy atom. The van der Waals surface area contributed by atoms with Crippen LogP contribution in [0.2, 0.25) is 0 Å². The molecule has 0 aromatic carbocycles. The van der Waals surface area contributed by atoms with Crippen LogP contribution in [-0.4, -0.2) is 44.9 Å². The lowest BCUT2D eigenvalue weighted by Crippen LogP contribution is -2.33. The van der Waals surface area contributed by atoms with Gasteiger partial charge >= 0.3 is 12.1 Å². The van der Waals surface area contributed by atoms with Crippen LogP contribution < -0.4 is 10.6 Å². The van der Waals surface area contributed by atoms with E-state index in [-0.39, 0.29) is 13.2 Å².